The Morgan fingerprint density at radius 1 is 1.03 bits per heavy atom. The van der Waals surface area contributed by atoms with Crippen LogP contribution in [0.25, 0.3) is 0 Å². The Bertz CT molecular complexity index is 945. The molecule has 9 heteroatoms. The molecule has 1 aliphatic rings. The largest absolute Gasteiger partial charge is 0.394 e. The Balaban J connectivity index is 0.000000614. The van der Waals surface area contributed by atoms with E-state index in [1.54, 1.807) is 12.1 Å². The smallest absolute Gasteiger partial charge is 0.385 e. The summed E-state index contributed by atoms with van der Waals surface area (Å²) < 4.78 is 44.5. The van der Waals surface area contributed by atoms with Gasteiger partial charge in [0.05, 0.1) is 5.60 Å². The number of Topliss-reactive ketones (excluding diaryl/α,β-unsaturated/α-hetero) is 1. The summed E-state index contributed by atoms with van der Waals surface area (Å²) in [4.78, 5) is 14.4. The Kier molecular flexibility index (Phi) is 8.84. The van der Waals surface area contributed by atoms with Crippen molar-refractivity contribution in [3.05, 3.63) is 71.0 Å². The summed E-state index contributed by atoms with van der Waals surface area (Å²) >= 11 is 0. The van der Waals surface area contributed by atoms with E-state index < -0.39 is 16.0 Å². The maximum absolute atomic E-state index is 12.9. The van der Waals surface area contributed by atoms with Crippen molar-refractivity contribution in [3.8, 4) is 0 Å². The van der Waals surface area contributed by atoms with Gasteiger partial charge in [0.1, 0.15) is 5.82 Å². The molecule has 1 heterocycles. The maximum Gasteiger partial charge on any atom is 0.394 e. The molecular weight excluding hydrogens is 425 g/mol. The van der Waals surface area contributed by atoms with Crippen LogP contribution in [0, 0.1) is 12.7 Å². The van der Waals surface area contributed by atoms with Crippen LogP contribution < -0.4 is 0 Å². The number of hydrogen-bond acceptors (Lipinski definition) is 5. The van der Waals surface area contributed by atoms with Gasteiger partial charge in [0, 0.05) is 25.1 Å². The first-order valence-electron chi connectivity index (χ1n) is 9.97. The van der Waals surface area contributed by atoms with Crippen molar-refractivity contribution >= 4 is 16.2 Å². The van der Waals surface area contributed by atoms with Crippen molar-refractivity contribution in [2.24, 2.45) is 0 Å². The second kappa shape index (κ2) is 10.9. The highest BCUT2D eigenvalue weighted by Gasteiger charge is 2.33. The summed E-state index contributed by atoms with van der Waals surface area (Å²) in [6.07, 6.45) is 2.66. The van der Waals surface area contributed by atoms with Crippen molar-refractivity contribution in [2.45, 2.75) is 38.2 Å². The number of carbonyl (C=O) groups is 1. The average molecular weight is 454 g/mol. The highest BCUT2D eigenvalue weighted by atomic mass is 32.3. The highest BCUT2D eigenvalue weighted by Crippen LogP contribution is 2.33. The second-order valence-electron chi connectivity index (χ2n) is 7.72. The number of carbonyl (C=O) groups excluding carboxylic acids is 1. The molecule has 0 radical (unpaired) electrons. The van der Waals surface area contributed by atoms with E-state index in [2.05, 4.69) is 4.90 Å². The van der Waals surface area contributed by atoms with Crippen molar-refractivity contribution < 1.29 is 31.8 Å². The summed E-state index contributed by atoms with van der Waals surface area (Å²) in [6, 6.07) is 13.9. The van der Waals surface area contributed by atoms with Crippen LogP contribution in [-0.4, -0.2) is 52.9 Å². The van der Waals surface area contributed by atoms with Gasteiger partial charge < -0.3 is 10.0 Å². The fraction of sp³-hybridized carbons (Fsp3) is 0.409. The molecular formula is C22H28FNO6S. The van der Waals surface area contributed by atoms with Crippen LogP contribution >= 0.6 is 0 Å². The first-order chi connectivity index (χ1) is 14.5. The Labute approximate surface area is 182 Å². The van der Waals surface area contributed by atoms with E-state index in [0.29, 0.717) is 24.8 Å². The summed E-state index contributed by atoms with van der Waals surface area (Å²) in [5.41, 5.74) is 2.02. The number of piperidine rings is 1. The lowest BCUT2D eigenvalue weighted by molar-refractivity contribution is -0.0260. The molecule has 31 heavy (non-hydrogen) atoms. The SMILES string of the molecule is Cc1ccc(C2(O)CCN(CCCC(=O)c3ccc(F)cc3)CC2)cc1.O=S(=O)(O)O. The number of rotatable bonds is 6. The summed E-state index contributed by atoms with van der Waals surface area (Å²) in [5, 5.41) is 10.9. The van der Waals surface area contributed by atoms with Crippen molar-refractivity contribution in [3.63, 3.8) is 0 Å². The van der Waals surface area contributed by atoms with E-state index >= 15 is 0 Å². The van der Waals surface area contributed by atoms with Gasteiger partial charge in [0.15, 0.2) is 5.78 Å². The molecule has 1 saturated heterocycles. The van der Waals surface area contributed by atoms with E-state index in [9.17, 15) is 14.3 Å². The van der Waals surface area contributed by atoms with Crippen molar-refractivity contribution in [2.75, 3.05) is 19.6 Å². The normalized spacial score (nSPS) is 16.3. The Morgan fingerprint density at radius 2 is 1.55 bits per heavy atom. The minimum atomic E-state index is -4.67. The van der Waals surface area contributed by atoms with E-state index in [0.717, 1.165) is 31.6 Å². The third kappa shape index (κ3) is 8.84. The number of ketones is 1. The molecule has 0 spiro atoms. The zero-order valence-electron chi connectivity index (χ0n) is 17.4. The molecule has 0 saturated carbocycles. The van der Waals surface area contributed by atoms with E-state index in [4.69, 9.17) is 17.5 Å². The van der Waals surface area contributed by atoms with E-state index in [1.807, 2.05) is 31.2 Å². The number of halogens is 1. The zero-order chi connectivity index (χ0) is 23.1. The predicted molar refractivity (Wildman–Crippen MR) is 115 cm³/mol. The molecule has 170 valence electrons. The van der Waals surface area contributed by atoms with E-state index in [1.165, 1.54) is 17.7 Å². The number of benzene rings is 2. The first-order valence-corrected chi connectivity index (χ1v) is 11.4. The monoisotopic (exact) mass is 453 g/mol. The molecule has 0 unspecified atom stereocenters. The molecule has 2 aromatic rings. The second-order valence-corrected chi connectivity index (χ2v) is 8.62. The molecule has 0 aromatic heterocycles. The van der Waals surface area contributed by atoms with Gasteiger partial charge in [-0.1, -0.05) is 29.8 Å². The van der Waals surface area contributed by atoms with Gasteiger partial charge in [-0.2, -0.15) is 8.42 Å². The fourth-order valence-electron chi connectivity index (χ4n) is 3.54. The fourth-order valence-corrected chi connectivity index (χ4v) is 3.54. The molecule has 2 aromatic carbocycles. The molecule has 3 rings (SSSR count). The topological polar surface area (TPSA) is 115 Å². The molecule has 0 atom stereocenters. The minimum Gasteiger partial charge on any atom is -0.385 e. The molecule has 3 N–H and O–H groups in total. The maximum atomic E-state index is 12.9. The predicted octanol–water partition coefficient (Wildman–Crippen LogP) is 3.43. The Morgan fingerprint density at radius 3 is 2.06 bits per heavy atom. The van der Waals surface area contributed by atoms with Crippen LogP contribution in [0.4, 0.5) is 4.39 Å². The van der Waals surface area contributed by atoms with Gasteiger partial charge in [-0.15, -0.1) is 0 Å². The Hall–Kier alpha value is -2.17. The molecule has 7 nitrogen and oxygen atoms in total. The number of nitrogens with zero attached hydrogens (tertiary/aromatic N) is 1. The lowest BCUT2D eigenvalue weighted by Gasteiger charge is -2.38. The standard InChI is InChI=1S/C22H26FNO2.H2O4S/c1-17-4-8-19(9-5-17)22(26)12-15-24(16-13-22)14-2-3-21(25)18-6-10-20(23)11-7-18;1-5(2,3)4/h4-11,26H,2-3,12-16H2,1H3;(H2,1,2,3,4). The quantitative estimate of drug-likeness (QED) is 0.453. The number of likely N-dealkylation sites (tertiary alicyclic amines) is 1. The van der Waals surface area contributed by atoms with Crippen molar-refractivity contribution in [1.29, 1.82) is 0 Å². The van der Waals surface area contributed by atoms with Crippen LogP contribution in [0.15, 0.2) is 48.5 Å². The molecule has 0 bridgehead atoms. The summed E-state index contributed by atoms with van der Waals surface area (Å²) in [5.74, 6) is -0.269. The average Bonchev–Trinajstić information content (AvgIpc) is 2.69. The number of aliphatic hydroxyl groups is 1. The van der Waals surface area contributed by atoms with Gasteiger partial charge in [-0.05, 0) is 62.6 Å². The highest BCUT2D eigenvalue weighted by molar-refractivity contribution is 7.79. The van der Waals surface area contributed by atoms with Crippen LogP contribution in [0.5, 0.6) is 0 Å². The third-order valence-corrected chi connectivity index (χ3v) is 5.32. The van der Waals surface area contributed by atoms with E-state index in [-0.39, 0.29) is 11.6 Å². The lowest BCUT2D eigenvalue weighted by atomic mass is 9.84. The van der Waals surface area contributed by atoms with Gasteiger partial charge in [-0.3, -0.25) is 13.9 Å². The van der Waals surface area contributed by atoms with Crippen molar-refractivity contribution in [1.82, 2.24) is 4.90 Å². The molecule has 1 fully saturated rings. The van der Waals surface area contributed by atoms with Crippen LogP contribution in [-0.2, 0) is 16.0 Å². The van der Waals surface area contributed by atoms with Crippen LogP contribution in [0.3, 0.4) is 0 Å². The molecule has 0 aliphatic carbocycles. The van der Waals surface area contributed by atoms with Crippen LogP contribution in [0.1, 0.15) is 47.2 Å². The zero-order valence-corrected chi connectivity index (χ0v) is 18.2. The van der Waals surface area contributed by atoms with Gasteiger partial charge >= 0.3 is 10.4 Å². The number of hydrogen-bond donors (Lipinski definition) is 3. The van der Waals surface area contributed by atoms with Gasteiger partial charge in [0.2, 0.25) is 0 Å². The summed E-state index contributed by atoms with van der Waals surface area (Å²) in [6.45, 7) is 4.55. The third-order valence-electron chi connectivity index (χ3n) is 5.32. The molecule has 1 aliphatic heterocycles. The van der Waals surface area contributed by atoms with Crippen LogP contribution in [0.2, 0.25) is 0 Å². The summed E-state index contributed by atoms with van der Waals surface area (Å²) in [7, 11) is -4.67. The van der Waals surface area contributed by atoms with Gasteiger partial charge in [-0.25, -0.2) is 4.39 Å². The molecule has 0 amide bonds. The number of aryl methyl sites for hydroxylation is 1. The first kappa shape index (κ1) is 25.1. The minimum absolute atomic E-state index is 0.0539. The van der Waals surface area contributed by atoms with Gasteiger partial charge in [0.25, 0.3) is 0 Å². The lowest BCUT2D eigenvalue weighted by Crippen LogP contribution is -2.42.